The van der Waals surface area contributed by atoms with Crippen molar-refractivity contribution in [3.05, 3.63) is 24.3 Å². The van der Waals surface area contributed by atoms with Crippen LogP contribution in [0.2, 0.25) is 0 Å². The number of hydrogen-bond donors (Lipinski definition) is 1. The van der Waals surface area contributed by atoms with Crippen LogP contribution in [0, 0.1) is 0 Å². The minimum atomic E-state index is -0.294. The highest BCUT2D eigenvalue weighted by Crippen LogP contribution is 2.20. The number of benzene rings is 1. The summed E-state index contributed by atoms with van der Waals surface area (Å²) in [4.78, 5) is 14.2. The third-order valence-electron chi connectivity index (χ3n) is 3.77. The molecular weight excluding hydrogens is 280 g/mol. The molecule has 1 aliphatic rings. The second-order valence-electron chi connectivity index (χ2n) is 5.36. The maximum Gasteiger partial charge on any atom is 0.328 e. The first-order chi connectivity index (χ1) is 10.7. The maximum atomic E-state index is 11.8. The average Bonchev–Trinajstić information content (AvgIpc) is 2.82. The smallest absolute Gasteiger partial charge is 0.328 e. The van der Waals surface area contributed by atoms with Gasteiger partial charge in [0.05, 0.1) is 13.2 Å². The van der Waals surface area contributed by atoms with Crippen LogP contribution in [0.3, 0.4) is 0 Å². The van der Waals surface area contributed by atoms with E-state index < -0.39 is 0 Å². The summed E-state index contributed by atoms with van der Waals surface area (Å²) < 4.78 is 10.6. The number of rotatable bonds is 6. The van der Waals surface area contributed by atoms with Gasteiger partial charge in [0.15, 0.2) is 0 Å². The molecule has 0 radical (unpaired) electrons. The van der Waals surface area contributed by atoms with E-state index in [9.17, 15) is 4.79 Å². The summed E-state index contributed by atoms with van der Waals surface area (Å²) in [6, 6.07) is 7.92. The number of anilines is 2. The van der Waals surface area contributed by atoms with E-state index in [1.807, 2.05) is 26.0 Å². The van der Waals surface area contributed by atoms with E-state index in [0.717, 1.165) is 38.4 Å². The number of nitrogens with zero attached hydrogens (tertiary/aromatic N) is 1. The maximum absolute atomic E-state index is 11.8. The minimum Gasteiger partial charge on any atom is -0.464 e. The Kier molecular flexibility index (Phi) is 6.52. The second-order valence-corrected chi connectivity index (χ2v) is 5.36. The molecule has 2 rings (SSSR count). The summed E-state index contributed by atoms with van der Waals surface area (Å²) in [7, 11) is 0. The Hall–Kier alpha value is -1.75. The first-order valence-corrected chi connectivity index (χ1v) is 8.10. The highest BCUT2D eigenvalue weighted by Gasteiger charge is 2.17. The van der Waals surface area contributed by atoms with Crippen molar-refractivity contribution >= 4 is 17.3 Å². The van der Waals surface area contributed by atoms with E-state index in [-0.39, 0.29) is 12.0 Å². The summed E-state index contributed by atoms with van der Waals surface area (Å²) in [5, 5.41) is 3.24. The van der Waals surface area contributed by atoms with E-state index in [1.54, 1.807) is 0 Å². The number of nitrogens with one attached hydrogen (secondary N) is 1. The Morgan fingerprint density at radius 1 is 1.27 bits per heavy atom. The van der Waals surface area contributed by atoms with Crippen LogP contribution in [0.4, 0.5) is 11.4 Å². The van der Waals surface area contributed by atoms with Gasteiger partial charge in [-0.05, 0) is 44.0 Å². The zero-order valence-electron chi connectivity index (χ0n) is 13.5. The zero-order valence-corrected chi connectivity index (χ0v) is 13.5. The molecular formula is C17H26N2O3. The third kappa shape index (κ3) is 4.63. The number of carbonyl (C=O) groups excluding carboxylic acids is 1. The van der Waals surface area contributed by atoms with Crippen LogP contribution >= 0.6 is 0 Å². The van der Waals surface area contributed by atoms with Crippen molar-refractivity contribution in [2.24, 2.45) is 0 Å². The molecule has 1 aliphatic heterocycles. The lowest BCUT2D eigenvalue weighted by molar-refractivity contribution is -0.144. The lowest BCUT2D eigenvalue weighted by atomic mass is 10.2. The molecule has 0 aromatic heterocycles. The van der Waals surface area contributed by atoms with Crippen LogP contribution in [0.25, 0.3) is 0 Å². The highest BCUT2D eigenvalue weighted by atomic mass is 16.5. The molecule has 0 amide bonds. The predicted octanol–water partition coefficient (Wildman–Crippen LogP) is 2.67. The van der Waals surface area contributed by atoms with Gasteiger partial charge in [-0.3, -0.25) is 0 Å². The van der Waals surface area contributed by atoms with Crippen LogP contribution in [-0.4, -0.2) is 44.9 Å². The molecule has 0 spiro atoms. The number of esters is 1. The summed E-state index contributed by atoms with van der Waals surface area (Å²) in [5.41, 5.74) is 2.13. The number of hydrogen-bond acceptors (Lipinski definition) is 5. The highest BCUT2D eigenvalue weighted by molar-refractivity contribution is 5.79. The van der Waals surface area contributed by atoms with Gasteiger partial charge in [0.2, 0.25) is 0 Å². The molecule has 1 N–H and O–H groups in total. The summed E-state index contributed by atoms with van der Waals surface area (Å²) in [5.74, 6) is -0.196. The number of ether oxygens (including phenoxy) is 2. The quantitative estimate of drug-likeness (QED) is 0.819. The largest absolute Gasteiger partial charge is 0.464 e. The van der Waals surface area contributed by atoms with E-state index in [4.69, 9.17) is 9.47 Å². The van der Waals surface area contributed by atoms with Crippen molar-refractivity contribution in [3.8, 4) is 0 Å². The molecule has 0 bridgehead atoms. The predicted molar refractivity (Wildman–Crippen MR) is 88.4 cm³/mol. The molecule has 5 nitrogen and oxygen atoms in total. The molecule has 0 aliphatic carbocycles. The molecule has 1 saturated heterocycles. The van der Waals surface area contributed by atoms with Gasteiger partial charge in [-0.15, -0.1) is 0 Å². The van der Waals surface area contributed by atoms with Crippen LogP contribution in [0.15, 0.2) is 24.3 Å². The average molecular weight is 306 g/mol. The van der Waals surface area contributed by atoms with Crippen molar-refractivity contribution in [2.45, 2.75) is 32.7 Å². The summed E-state index contributed by atoms with van der Waals surface area (Å²) in [6.07, 6.45) is 1.75. The Morgan fingerprint density at radius 2 is 2.05 bits per heavy atom. The van der Waals surface area contributed by atoms with Gasteiger partial charge in [-0.2, -0.15) is 0 Å². The molecule has 1 atom stereocenters. The van der Waals surface area contributed by atoms with Crippen LogP contribution in [0.1, 0.15) is 26.7 Å². The normalized spacial score (nSPS) is 16.7. The molecule has 1 aromatic carbocycles. The zero-order chi connectivity index (χ0) is 15.8. The van der Waals surface area contributed by atoms with Crippen molar-refractivity contribution in [1.29, 1.82) is 0 Å². The van der Waals surface area contributed by atoms with E-state index >= 15 is 0 Å². The summed E-state index contributed by atoms with van der Waals surface area (Å²) >= 11 is 0. The van der Waals surface area contributed by atoms with Crippen molar-refractivity contribution < 1.29 is 14.3 Å². The van der Waals surface area contributed by atoms with Crippen LogP contribution in [0.5, 0.6) is 0 Å². The lowest BCUT2D eigenvalue weighted by Crippen LogP contribution is -2.30. The minimum absolute atomic E-state index is 0.196. The molecule has 0 saturated carbocycles. The Balaban J connectivity index is 1.97. The Morgan fingerprint density at radius 3 is 2.73 bits per heavy atom. The van der Waals surface area contributed by atoms with Gasteiger partial charge in [0, 0.05) is 31.1 Å². The molecule has 122 valence electrons. The van der Waals surface area contributed by atoms with E-state index in [1.165, 1.54) is 5.69 Å². The fraction of sp³-hybridized carbons (Fsp3) is 0.588. The fourth-order valence-corrected chi connectivity index (χ4v) is 2.54. The van der Waals surface area contributed by atoms with Gasteiger partial charge in [-0.25, -0.2) is 4.79 Å². The molecule has 22 heavy (non-hydrogen) atoms. The molecule has 5 heteroatoms. The molecule has 1 unspecified atom stereocenters. The first kappa shape index (κ1) is 16.6. The SMILES string of the molecule is CCOC(=O)C(CC)Nc1ccc(N2CCCOCC2)cc1. The topological polar surface area (TPSA) is 50.8 Å². The number of carbonyl (C=O) groups is 1. The monoisotopic (exact) mass is 306 g/mol. The van der Waals surface area contributed by atoms with Crippen molar-refractivity contribution in [3.63, 3.8) is 0 Å². The van der Waals surface area contributed by atoms with Crippen molar-refractivity contribution in [1.82, 2.24) is 0 Å². The second kappa shape index (κ2) is 8.63. The Bertz CT molecular complexity index is 453. The summed E-state index contributed by atoms with van der Waals surface area (Å²) in [6.45, 7) is 7.77. The van der Waals surface area contributed by atoms with Gasteiger partial charge in [0.25, 0.3) is 0 Å². The molecule has 1 fully saturated rings. The van der Waals surface area contributed by atoms with Gasteiger partial charge >= 0.3 is 5.97 Å². The molecule has 1 heterocycles. The molecule has 1 aromatic rings. The standard InChI is InChI=1S/C17H26N2O3/c1-3-16(17(20)22-4-2)18-14-6-8-15(9-7-14)19-10-5-12-21-13-11-19/h6-9,16,18H,3-5,10-13H2,1-2H3. The van der Waals surface area contributed by atoms with Crippen LogP contribution < -0.4 is 10.2 Å². The van der Waals surface area contributed by atoms with Gasteiger partial charge in [-0.1, -0.05) is 6.92 Å². The van der Waals surface area contributed by atoms with Crippen LogP contribution in [-0.2, 0) is 14.3 Å². The van der Waals surface area contributed by atoms with Crippen molar-refractivity contribution in [2.75, 3.05) is 43.1 Å². The Labute approximate surface area is 132 Å². The lowest BCUT2D eigenvalue weighted by Gasteiger charge is -2.23. The van der Waals surface area contributed by atoms with Gasteiger partial charge < -0.3 is 19.7 Å². The fourth-order valence-electron chi connectivity index (χ4n) is 2.54. The van der Waals surface area contributed by atoms with E-state index in [0.29, 0.717) is 13.0 Å². The first-order valence-electron chi connectivity index (χ1n) is 8.10. The third-order valence-corrected chi connectivity index (χ3v) is 3.77. The van der Waals surface area contributed by atoms with Gasteiger partial charge in [0.1, 0.15) is 6.04 Å². The van der Waals surface area contributed by atoms with E-state index in [2.05, 4.69) is 22.3 Å².